The molecule has 0 saturated carbocycles. The molecule has 0 aliphatic carbocycles. The number of nitrogens with one attached hydrogen (secondary N) is 1. The number of hydrogen-bond acceptors (Lipinski definition) is 2. The number of nitrogens with zero attached hydrogens (tertiary/aromatic N) is 1. The molecule has 0 saturated heterocycles. The lowest BCUT2D eigenvalue weighted by Crippen LogP contribution is -2.27. The van der Waals surface area contributed by atoms with Gasteiger partial charge < -0.3 is 10.2 Å². The molecule has 0 spiro atoms. The number of alkyl halides is 9. The van der Waals surface area contributed by atoms with Crippen LogP contribution >= 0.6 is 0 Å². The minimum Gasteiger partial charge on any atom is -0.385 e. The van der Waals surface area contributed by atoms with Crippen LogP contribution in [0.4, 0.5) is 45.2 Å². The first-order chi connectivity index (χ1) is 16.0. The Morgan fingerprint density at radius 2 is 1.40 bits per heavy atom. The van der Waals surface area contributed by atoms with Gasteiger partial charge in [-0.3, -0.25) is 0 Å². The van der Waals surface area contributed by atoms with Crippen molar-refractivity contribution in [3.05, 3.63) is 76.0 Å². The van der Waals surface area contributed by atoms with Crippen LogP contribution in [0.15, 0.2) is 42.6 Å². The second kappa shape index (κ2) is 9.31. The van der Waals surface area contributed by atoms with E-state index < -0.39 is 47.8 Å². The van der Waals surface area contributed by atoms with Crippen LogP contribution in [0.5, 0.6) is 0 Å². The fourth-order valence-corrected chi connectivity index (χ4v) is 4.29. The Bertz CT molecular complexity index is 1070. The van der Waals surface area contributed by atoms with Crippen molar-refractivity contribution in [1.29, 1.82) is 0 Å². The molecule has 35 heavy (non-hydrogen) atoms. The molecule has 11 heteroatoms. The SMILES string of the molecule is C=C(C)N(Cc1cc(C(F)(F)F)cc(C(F)(F)F)c1)C1CCCNc2c(C)cc(C(F)(F)F)cc21. The summed E-state index contributed by atoms with van der Waals surface area (Å²) in [5.74, 6) is 0. The van der Waals surface area contributed by atoms with Gasteiger partial charge in [0.1, 0.15) is 0 Å². The molecular formula is C24H23F9N2. The van der Waals surface area contributed by atoms with Crippen LogP contribution in [0.2, 0.25) is 0 Å². The maximum atomic E-state index is 13.5. The standard InChI is InChI=1S/C24H23F9N2/c1-13(2)35(12-15-8-17(23(28,29)30)10-18(9-15)24(31,32)33)20-5-4-6-34-21-14(3)7-16(11-19(20)21)22(25,26)27/h7-11,20,34H,1,4-6,12H2,2-3H3. The van der Waals surface area contributed by atoms with E-state index >= 15 is 0 Å². The first kappa shape index (κ1) is 26.7. The van der Waals surface area contributed by atoms with Crippen molar-refractivity contribution in [2.75, 3.05) is 11.9 Å². The van der Waals surface area contributed by atoms with E-state index in [-0.39, 0.29) is 17.2 Å². The van der Waals surface area contributed by atoms with Crippen molar-refractivity contribution in [3.8, 4) is 0 Å². The van der Waals surface area contributed by atoms with Crippen LogP contribution in [0.3, 0.4) is 0 Å². The Morgan fingerprint density at radius 3 is 1.89 bits per heavy atom. The minimum absolute atomic E-state index is 0.0401. The largest absolute Gasteiger partial charge is 0.416 e. The quantitative estimate of drug-likeness (QED) is 0.416. The summed E-state index contributed by atoms with van der Waals surface area (Å²) in [6, 6.07) is 2.52. The van der Waals surface area contributed by atoms with Crippen molar-refractivity contribution in [2.24, 2.45) is 0 Å². The Balaban J connectivity index is 2.13. The molecule has 3 rings (SSSR count). The summed E-state index contributed by atoms with van der Waals surface area (Å²) in [5.41, 5.74) is -2.72. The third-order valence-corrected chi connectivity index (χ3v) is 5.88. The highest BCUT2D eigenvalue weighted by molar-refractivity contribution is 5.61. The number of benzene rings is 2. The van der Waals surface area contributed by atoms with Crippen LogP contribution in [-0.2, 0) is 25.1 Å². The van der Waals surface area contributed by atoms with Gasteiger partial charge >= 0.3 is 18.5 Å². The fourth-order valence-electron chi connectivity index (χ4n) is 4.29. The lowest BCUT2D eigenvalue weighted by molar-refractivity contribution is -0.143. The maximum Gasteiger partial charge on any atom is 0.416 e. The predicted octanol–water partition coefficient (Wildman–Crippen LogP) is 8.33. The molecule has 1 aliphatic heterocycles. The number of fused-ring (bicyclic) bond motifs is 1. The van der Waals surface area contributed by atoms with Crippen LogP contribution in [-0.4, -0.2) is 11.4 Å². The van der Waals surface area contributed by atoms with Gasteiger partial charge in [0.15, 0.2) is 0 Å². The van der Waals surface area contributed by atoms with Crippen molar-refractivity contribution >= 4 is 5.69 Å². The number of halogens is 9. The molecule has 0 fully saturated rings. The lowest BCUT2D eigenvalue weighted by atomic mass is 9.94. The second-order valence-electron chi connectivity index (χ2n) is 8.62. The number of allylic oxidation sites excluding steroid dienone is 1. The average Bonchev–Trinajstić information content (AvgIpc) is 2.92. The smallest absolute Gasteiger partial charge is 0.385 e. The third-order valence-electron chi connectivity index (χ3n) is 5.88. The van der Waals surface area contributed by atoms with Gasteiger partial charge in [-0.05, 0) is 73.7 Å². The van der Waals surface area contributed by atoms with E-state index in [1.54, 1.807) is 0 Å². The van der Waals surface area contributed by atoms with Gasteiger partial charge in [0.25, 0.3) is 0 Å². The Labute approximate surface area is 196 Å². The van der Waals surface area contributed by atoms with Gasteiger partial charge in [0.05, 0.1) is 22.7 Å². The number of anilines is 1. The van der Waals surface area contributed by atoms with E-state index in [0.29, 0.717) is 48.5 Å². The van der Waals surface area contributed by atoms with E-state index in [2.05, 4.69) is 11.9 Å². The molecule has 0 aromatic heterocycles. The predicted molar refractivity (Wildman–Crippen MR) is 113 cm³/mol. The van der Waals surface area contributed by atoms with E-state index in [4.69, 9.17) is 0 Å². The first-order valence-corrected chi connectivity index (χ1v) is 10.6. The normalized spacial score (nSPS) is 16.8. The minimum atomic E-state index is -5.01. The second-order valence-corrected chi connectivity index (χ2v) is 8.62. The summed E-state index contributed by atoms with van der Waals surface area (Å²) < 4.78 is 121. The third kappa shape index (κ3) is 6.05. The number of rotatable bonds is 4. The van der Waals surface area contributed by atoms with Gasteiger partial charge in [-0.2, -0.15) is 39.5 Å². The summed E-state index contributed by atoms with van der Waals surface area (Å²) in [4.78, 5) is 1.46. The van der Waals surface area contributed by atoms with Gasteiger partial charge in [-0.25, -0.2) is 0 Å². The van der Waals surface area contributed by atoms with E-state index in [1.807, 2.05) is 0 Å². The zero-order valence-electron chi connectivity index (χ0n) is 18.8. The molecular weight excluding hydrogens is 487 g/mol. The molecule has 1 N–H and O–H groups in total. The van der Waals surface area contributed by atoms with E-state index in [0.717, 1.165) is 12.1 Å². The molecule has 0 amide bonds. The van der Waals surface area contributed by atoms with Gasteiger partial charge in [0.2, 0.25) is 0 Å². The fraction of sp³-hybridized carbons (Fsp3) is 0.417. The van der Waals surface area contributed by atoms with Crippen molar-refractivity contribution in [1.82, 2.24) is 4.90 Å². The van der Waals surface area contributed by atoms with Crippen LogP contribution in [0.1, 0.15) is 59.2 Å². The topological polar surface area (TPSA) is 15.3 Å². The molecule has 2 aromatic carbocycles. The molecule has 2 aromatic rings. The van der Waals surface area contributed by atoms with Crippen LogP contribution < -0.4 is 5.32 Å². The monoisotopic (exact) mass is 510 g/mol. The highest BCUT2D eigenvalue weighted by Gasteiger charge is 2.38. The molecule has 1 atom stereocenters. The van der Waals surface area contributed by atoms with Crippen LogP contribution in [0.25, 0.3) is 0 Å². The Morgan fingerprint density at radius 1 is 0.886 bits per heavy atom. The molecule has 0 bridgehead atoms. The lowest BCUT2D eigenvalue weighted by Gasteiger charge is -2.35. The van der Waals surface area contributed by atoms with Gasteiger partial charge in [-0.15, -0.1) is 0 Å². The summed E-state index contributed by atoms with van der Waals surface area (Å²) in [6.07, 6.45) is -13.8. The number of hydrogen-bond donors (Lipinski definition) is 1. The molecule has 1 aliphatic rings. The van der Waals surface area contributed by atoms with Crippen molar-refractivity contribution < 1.29 is 39.5 Å². The molecule has 2 nitrogen and oxygen atoms in total. The van der Waals surface area contributed by atoms with Crippen LogP contribution in [0, 0.1) is 6.92 Å². The van der Waals surface area contributed by atoms with Crippen molar-refractivity contribution in [2.45, 2.75) is 57.8 Å². The van der Waals surface area contributed by atoms with E-state index in [1.165, 1.54) is 18.7 Å². The van der Waals surface area contributed by atoms with Crippen molar-refractivity contribution in [3.63, 3.8) is 0 Å². The average molecular weight is 510 g/mol. The Kier molecular flexibility index (Phi) is 7.12. The number of aryl methyl sites for hydroxylation is 1. The van der Waals surface area contributed by atoms with Gasteiger partial charge in [-0.1, -0.05) is 6.58 Å². The highest BCUT2D eigenvalue weighted by atomic mass is 19.4. The summed E-state index contributed by atoms with van der Waals surface area (Å²) in [5, 5.41) is 3.10. The van der Waals surface area contributed by atoms with E-state index in [9.17, 15) is 39.5 Å². The first-order valence-electron chi connectivity index (χ1n) is 10.6. The zero-order chi connectivity index (χ0) is 26.3. The van der Waals surface area contributed by atoms with Gasteiger partial charge in [0, 0.05) is 24.5 Å². The zero-order valence-corrected chi connectivity index (χ0v) is 18.8. The molecule has 1 heterocycles. The molecule has 192 valence electrons. The maximum absolute atomic E-state index is 13.5. The summed E-state index contributed by atoms with van der Waals surface area (Å²) in [6.45, 7) is 6.87. The molecule has 0 radical (unpaired) electrons. The highest BCUT2D eigenvalue weighted by Crippen LogP contribution is 2.43. The summed E-state index contributed by atoms with van der Waals surface area (Å²) in [7, 11) is 0. The molecule has 1 unspecified atom stereocenters. The Hall–Kier alpha value is -2.85. The summed E-state index contributed by atoms with van der Waals surface area (Å²) >= 11 is 0.